The molecule has 2 N–H and O–H groups in total. The first-order valence-corrected chi connectivity index (χ1v) is 8.85. The van der Waals surface area contributed by atoms with Gasteiger partial charge in [-0.2, -0.15) is 0 Å². The molecule has 1 aliphatic rings. The lowest BCUT2D eigenvalue weighted by Gasteiger charge is -2.32. The summed E-state index contributed by atoms with van der Waals surface area (Å²) in [5.74, 6) is 0.908. The molecule has 0 bridgehead atoms. The maximum absolute atomic E-state index is 5.55. The molecule has 0 radical (unpaired) electrons. The highest BCUT2D eigenvalue weighted by atomic mass is 32.1. The van der Waals surface area contributed by atoms with Crippen LogP contribution in [0.15, 0.2) is 48.8 Å². The van der Waals surface area contributed by atoms with Crippen LogP contribution in [-0.4, -0.2) is 16.7 Å². The maximum atomic E-state index is 5.55. The average Bonchev–Trinajstić information content (AvgIpc) is 3.06. The molecule has 0 spiro atoms. The third-order valence-corrected chi connectivity index (χ3v) is 4.65. The van der Waals surface area contributed by atoms with E-state index in [0.717, 1.165) is 24.3 Å². The van der Waals surface area contributed by atoms with Gasteiger partial charge in [0.2, 0.25) is 0 Å². The zero-order chi connectivity index (χ0) is 16.8. The Bertz CT molecular complexity index is 667. The molecule has 1 aromatic carbocycles. The average molecular weight is 341 g/mol. The van der Waals surface area contributed by atoms with E-state index in [2.05, 4.69) is 27.8 Å². The summed E-state index contributed by atoms with van der Waals surface area (Å²) in [6.07, 6.45) is 8.09. The Kier molecular flexibility index (Phi) is 5.30. The second-order valence-corrected chi connectivity index (χ2v) is 6.48. The summed E-state index contributed by atoms with van der Waals surface area (Å²) in [6, 6.07) is 12.2. The van der Waals surface area contributed by atoms with E-state index in [9.17, 15) is 0 Å². The van der Waals surface area contributed by atoms with Crippen LogP contribution >= 0.6 is 12.2 Å². The number of nitrogens with one attached hydrogen (secondary N) is 2. The molecule has 2 aromatic rings. The van der Waals surface area contributed by atoms with Crippen LogP contribution in [-0.2, 0) is 5.54 Å². The quantitative estimate of drug-likeness (QED) is 0.797. The van der Waals surface area contributed by atoms with Crippen molar-refractivity contribution in [3.8, 4) is 5.75 Å². The van der Waals surface area contributed by atoms with Crippen molar-refractivity contribution in [3.05, 3.63) is 54.4 Å². The molecule has 5 heteroatoms. The van der Waals surface area contributed by atoms with Crippen LogP contribution in [0.4, 0.5) is 5.69 Å². The van der Waals surface area contributed by atoms with Gasteiger partial charge >= 0.3 is 0 Å². The van der Waals surface area contributed by atoms with Crippen molar-refractivity contribution in [2.24, 2.45) is 0 Å². The molecule has 3 rings (SSSR count). The van der Waals surface area contributed by atoms with Crippen molar-refractivity contribution in [3.63, 3.8) is 0 Å². The van der Waals surface area contributed by atoms with Crippen LogP contribution in [0.25, 0.3) is 0 Å². The molecule has 4 nitrogen and oxygen atoms in total. The summed E-state index contributed by atoms with van der Waals surface area (Å²) in [4.78, 5) is 4.11. The smallest absolute Gasteiger partial charge is 0.171 e. The molecular formula is C19H23N3OS. The molecule has 1 saturated carbocycles. The van der Waals surface area contributed by atoms with Gasteiger partial charge in [0, 0.05) is 6.20 Å². The zero-order valence-electron chi connectivity index (χ0n) is 13.9. The molecule has 126 valence electrons. The molecule has 0 atom stereocenters. The van der Waals surface area contributed by atoms with Gasteiger partial charge in [-0.15, -0.1) is 0 Å². The molecule has 1 fully saturated rings. The van der Waals surface area contributed by atoms with Crippen LogP contribution in [0.5, 0.6) is 5.75 Å². The third-order valence-electron chi connectivity index (χ3n) is 4.45. The predicted octanol–water partition coefficient (Wildman–Crippen LogP) is 4.24. The van der Waals surface area contributed by atoms with E-state index in [1.165, 1.54) is 18.4 Å². The van der Waals surface area contributed by atoms with Gasteiger partial charge in [0.05, 0.1) is 24.0 Å². The molecule has 1 heterocycles. The summed E-state index contributed by atoms with van der Waals surface area (Å²) < 4.78 is 5.55. The Morgan fingerprint density at radius 3 is 2.58 bits per heavy atom. The minimum Gasteiger partial charge on any atom is -0.494 e. The Hall–Kier alpha value is -2.14. The fourth-order valence-corrected chi connectivity index (χ4v) is 3.63. The van der Waals surface area contributed by atoms with Gasteiger partial charge in [0.25, 0.3) is 0 Å². The Morgan fingerprint density at radius 1 is 1.21 bits per heavy atom. The summed E-state index contributed by atoms with van der Waals surface area (Å²) in [7, 11) is 0. The van der Waals surface area contributed by atoms with E-state index in [4.69, 9.17) is 17.0 Å². The predicted molar refractivity (Wildman–Crippen MR) is 101 cm³/mol. The van der Waals surface area contributed by atoms with Crippen molar-refractivity contribution >= 4 is 23.0 Å². The van der Waals surface area contributed by atoms with Gasteiger partial charge < -0.3 is 15.4 Å². The number of nitrogens with zero attached hydrogens (tertiary/aromatic N) is 1. The molecule has 1 aliphatic carbocycles. The SMILES string of the molecule is CCOc1ccc(C2(NC(=S)Nc3cccnc3)CCCC2)cc1. The van der Waals surface area contributed by atoms with Gasteiger partial charge in [-0.25, -0.2) is 0 Å². The van der Waals surface area contributed by atoms with E-state index in [-0.39, 0.29) is 5.54 Å². The van der Waals surface area contributed by atoms with Crippen LogP contribution < -0.4 is 15.4 Å². The second-order valence-electron chi connectivity index (χ2n) is 6.07. The minimum absolute atomic E-state index is 0.100. The second kappa shape index (κ2) is 7.62. The Morgan fingerprint density at radius 2 is 1.96 bits per heavy atom. The lowest BCUT2D eigenvalue weighted by Crippen LogP contribution is -2.45. The van der Waals surface area contributed by atoms with Crippen molar-refractivity contribution in [1.29, 1.82) is 0 Å². The lowest BCUT2D eigenvalue weighted by molar-refractivity contribution is 0.339. The fourth-order valence-electron chi connectivity index (χ4n) is 3.32. The largest absolute Gasteiger partial charge is 0.494 e. The normalized spacial score (nSPS) is 15.7. The van der Waals surface area contributed by atoms with Crippen LogP contribution in [0.2, 0.25) is 0 Å². The zero-order valence-corrected chi connectivity index (χ0v) is 14.7. The molecule has 0 unspecified atom stereocenters. The van der Waals surface area contributed by atoms with Crippen molar-refractivity contribution in [2.75, 3.05) is 11.9 Å². The lowest BCUT2D eigenvalue weighted by atomic mass is 9.88. The standard InChI is InChI=1S/C19H23N3OS/c1-2-23-17-9-7-15(8-10-17)19(11-3-4-12-19)22-18(24)21-16-6-5-13-20-14-16/h5-10,13-14H,2-4,11-12H2,1H3,(H2,21,22,24). The molecule has 0 amide bonds. The highest BCUT2D eigenvalue weighted by Gasteiger charge is 2.36. The Balaban J connectivity index is 1.74. The number of aromatic nitrogens is 1. The van der Waals surface area contributed by atoms with E-state index in [0.29, 0.717) is 11.7 Å². The maximum Gasteiger partial charge on any atom is 0.171 e. The molecule has 0 saturated heterocycles. The summed E-state index contributed by atoms with van der Waals surface area (Å²) in [5.41, 5.74) is 2.06. The number of anilines is 1. The van der Waals surface area contributed by atoms with Crippen LogP contribution in [0, 0.1) is 0 Å². The van der Waals surface area contributed by atoms with E-state index < -0.39 is 0 Å². The monoisotopic (exact) mass is 341 g/mol. The van der Waals surface area contributed by atoms with Gasteiger partial charge in [-0.3, -0.25) is 4.98 Å². The van der Waals surface area contributed by atoms with Gasteiger partial charge in [-0.05, 0) is 61.8 Å². The molecule has 0 aliphatic heterocycles. The van der Waals surface area contributed by atoms with E-state index >= 15 is 0 Å². The summed E-state index contributed by atoms with van der Waals surface area (Å²) in [6.45, 7) is 2.68. The summed E-state index contributed by atoms with van der Waals surface area (Å²) in [5, 5.41) is 7.43. The van der Waals surface area contributed by atoms with E-state index in [1.807, 2.05) is 31.2 Å². The van der Waals surface area contributed by atoms with Crippen molar-refractivity contribution in [1.82, 2.24) is 10.3 Å². The number of rotatable bonds is 5. The first-order valence-electron chi connectivity index (χ1n) is 8.44. The number of hydrogen-bond acceptors (Lipinski definition) is 3. The number of benzene rings is 1. The van der Waals surface area contributed by atoms with Crippen molar-refractivity contribution < 1.29 is 4.74 Å². The molecule has 1 aromatic heterocycles. The fraction of sp³-hybridized carbons (Fsp3) is 0.368. The third kappa shape index (κ3) is 3.85. The van der Waals surface area contributed by atoms with Crippen molar-refractivity contribution in [2.45, 2.75) is 38.1 Å². The van der Waals surface area contributed by atoms with Crippen LogP contribution in [0.1, 0.15) is 38.2 Å². The Labute approximate surface area is 148 Å². The minimum atomic E-state index is -0.100. The molecule has 24 heavy (non-hydrogen) atoms. The highest BCUT2D eigenvalue weighted by Crippen LogP contribution is 2.39. The number of thiocarbonyl (C=S) groups is 1. The first kappa shape index (κ1) is 16.7. The topological polar surface area (TPSA) is 46.2 Å². The van der Waals surface area contributed by atoms with Gasteiger partial charge in [0.15, 0.2) is 5.11 Å². The number of pyridine rings is 1. The summed E-state index contributed by atoms with van der Waals surface area (Å²) >= 11 is 5.54. The van der Waals surface area contributed by atoms with Gasteiger partial charge in [0.1, 0.15) is 5.75 Å². The van der Waals surface area contributed by atoms with Gasteiger partial charge in [-0.1, -0.05) is 25.0 Å². The van der Waals surface area contributed by atoms with E-state index in [1.54, 1.807) is 12.4 Å². The first-order chi connectivity index (χ1) is 11.7. The van der Waals surface area contributed by atoms with Crippen LogP contribution in [0.3, 0.4) is 0 Å². The molecular weight excluding hydrogens is 318 g/mol. The number of hydrogen-bond donors (Lipinski definition) is 2. The highest BCUT2D eigenvalue weighted by molar-refractivity contribution is 7.80. The number of ether oxygens (including phenoxy) is 1.